The van der Waals surface area contributed by atoms with E-state index in [-0.39, 0.29) is 36.9 Å². The molecule has 2 N–H and O–H groups in total. The number of carboxylic acids is 1. The zero-order valence-corrected chi connectivity index (χ0v) is 19.9. The summed E-state index contributed by atoms with van der Waals surface area (Å²) in [7, 11) is 0. The first-order valence-electron chi connectivity index (χ1n) is 11.8. The van der Waals surface area contributed by atoms with Gasteiger partial charge in [0.15, 0.2) is 0 Å². The van der Waals surface area contributed by atoms with Crippen LogP contribution in [0.3, 0.4) is 0 Å². The summed E-state index contributed by atoms with van der Waals surface area (Å²) < 4.78 is 5.63. The van der Waals surface area contributed by atoms with Crippen LogP contribution in [0, 0.1) is 5.92 Å². The summed E-state index contributed by atoms with van der Waals surface area (Å²) in [5.41, 5.74) is 4.07. The van der Waals surface area contributed by atoms with E-state index in [9.17, 15) is 19.5 Å². The minimum Gasteiger partial charge on any atom is -0.480 e. The number of hydrogen-bond donors (Lipinski definition) is 2. The molecular formula is C27H32N2O5. The molecule has 4 rings (SSSR count). The monoisotopic (exact) mass is 464 g/mol. The Morgan fingerprint density at radius 3 is 2.15 bits per heavy atom. The van der Waals surface area contributed by atoms with Gasteiger partial charge in [0.25, 0.3) is 0 Å². The van der Waals surface area contributed by atoms with Crippen molar-refractivity contribution in [2.24, 2.45) is 5.92 Å². The predicted octanol–water partition coefficient (Wildman–Crippen LogP) is 4.41. The lowest BCUT2D eigenvalue weighted by Crippen LogP contribution is -2.50. The van der Waals surface area contributed by atoms with Crippen LogP contribution in [0.15, 0.2) is 48.5 Å². The molecular weight excluding hydrogens is 432 g/mol. The molecule has 2 amide bonds. The van der Waals surface area contributed by atoms with Crippen molar-refractivity contribution in [3.8, 4) is 11.1 Å². The fourth-order valence-electron chi connectivity index (χ4n) is 5.14. The molecule has 2 aliphatic rings. The molecule has 0 heterocycles. The maximum atomic E-state index is 13.0. The molecule has 34 heavy (non-hydrogen) atoms. The third kappa shape index (κ3) is 4.93. The second-order valence-corrected chi connectivity index (χ2v) is 10.2. The van der Waals surface area contributed by atoms with Gasteiger partial charge in [0.05, 0.1) is 0 Å². The number of fused-ring (bicyclic) bond motifs is 3. The Kier molecular flexibility index (Phi) is 6.64. The fourth-order valence-corrected chi connectivity index (χ4v) is 5.14. The molecule has 2 aliphatic carbocycles. The number of carboxylic acid groups (broad SMARTS) is 1. The quantitative estimate of drug-likeness (QED) is 0.660. The van der Waals surface area contributed by atoms with Crippen molar-refractivity contribution in [3.05, 3.63) is 59.7 Å². The second kappa shape index (κ2) is 9.49. The Morgan fingerprint density at radius 1 is 1.00 bits per heavy atom. The summed E-state index contributed by atoms with van der Waals surface area (Å²) in [4.78, 5) is 38.3. The average Bonchev–Trinajstić information content (AvgIpc) is 3.37. The van der Waals surface area contributed by atoms with Crippen molar-refractivity contribution in [2.75, 3.05) is 13.2 Å². The van der Waals surface area contributed by atoms with Crippen LogP contribution in [0.1, 0.15) is 57.1 Å². The number of ether oxygens (including phenoxy) is 1. The van der Waals surface area contributed by atoms with Crippen LogP contribution in [0.25, 0.3) is 11.1 Å². The Hall–Kier alpha value is -3.35. The Balaban J connectivity index is 1.33. The lowest BCUT2D eigenvalue weighted by atomic mass is 9.98. The summed E-state index contributed by atoms with van der Waals surface area (Å²) >= 11 is 0. The minimum absolute atomic E-state index is 0.00702. The summed E-state index contributed by atoms with van der Waals surface area (Å²) in [5.74, 6) is -1.52. The van der Waals surface area contributed by atoms with Crippen molar-refractivity contribution >= 4 is 18.0 Å². The van der Waals surface area contributed by atoms with Crippen molar-refractivity contribution in [1.29, 1.82) is 0 Å². The molecule has 0 spiro atoms. The highest BCUT2D eigenvalue weighted by Gasteiger charge is 2.38. The zero-order valence-electron chi connectivity index (χ0n) is 19.9. The number of nitrogens with zero attached hydrogens (tertiary/aromatic N) is 1. The average molecular weight is 465 g/mol. The minimum atomic E-state index is -1.03. The number of benzene rings is 2. The van der Waals surface area contributed by atoms with Gasteiger partial charge in [-0.15, -0.1) is 0 Å². The van der Waals surface area contributed by atoms with Crippen LogP contribution in [-0.2, 0) is 14.3 Å². The van der Waals surface area contributed by atoms with Gasteiger partial charge in [-0.25, -0.2) is 4.79 Å². The van der Waals surface area contributed by atoms with Crippen molar-refractivity contribution in [3.63, 3.8) is 0 Å². The maximum absolute atomic E-state index is 13.0. The first-order valence-corrected chi connectivity index (χ1v) is 11.8. The molecule has 180 valence electrons. The molecule has 0 aliphatic heterocycles. The number of alkyl carbamates (subject to hydrolysis) is 1. The van der Waals surface area contributed by atoms with Crippen LogP contribution in [0.5, 0.6) is 0 Å². The van der Waals surface area contributed by atoms with E-state index in [0.29, 0.717) is 19.3 Å². The molecule has 0 bridgehead atoms. The number of aliphatic carboxylic acids is 1. The topological polar surface area (TPSA) is 95.9 Å². The molecule has 0 aromatic heterocycles. The fraction of sp³-hybridized carbons (Fsp3) is 0.444. The third-order valence-electron chi connectivity index (χ3n) is 6.82. The number of hydrogen-bond acceptors (Lipinski definition) is 4. The third-order valence-corrected chi connectivity index (χ3v) is 6.82. The van der Waals surface area contributed by atoms with Crippen molar-refractivity contribution in [2.45, 2.75) is 57.5 Å². The van der Waals surface area contributed by atoms with Gasteiger partial charge in [0.1, 0.15) is 13.2 Å². The number of carbonyl (C=O) groups excluding carboxylic acids is 2. The van der Waals surface area contributed by atoms with Gasteiger partial charge < -0.3 is 20.1 Å². The largest absolute Gasteiger partial charge is 0.480 e. The van der Waals surface area contributed by atoms with Gasteiger partial charge in [0, 0.05) is 23.4 Å². The van der Waals surface area contributed by atoms with Crippen LogP contribution in [0.2, 0.25) is 0 Å². The standard InChI is InChI=1S/C27H32N2O5/c1-27(2,3)29(15-24(30)31)25(32)17-12-13-18(14-17)28-26(33)34-16-23-21-10-6-4-8-19(21)20-9-5-7-11-22(20)23/h4-11,17-18,23H,12-16H2,1-3H3,(H,28,33)(H,30,31)/t17-,18+/m1/s1. The second-order valence-electron chi connectivity index (χ2n) is 10.2. The molecule has 0 saturated heterocycles. The number of nitrogens with one attached hydrogen (secondary N) is 1. The van der Waals surface area contributed by atoms with Crippen LogP contribution in [0.4, 0.5) is 4.79 Å². The van der Waals surface area contributed by atoms with Gasteiger partial charge in [-0.3, -0.25) is 9.59 Å². The van der Waals surface area contributed by atoms with Crippen LogP contribution in [-0.4, -0.2) is 52.7 Å². The maximum Gasteiger partial charge on any atom is 0.407 e. The summed E-state index contributed by atoms with van der Waals surface area (Å²) in [6, 6.07) is 16.2. The highest BCUT2D eigenvalue weighted by atomic mass is 16.5. The Labute approximate surface area is 200 Å². The molecule has 1 fully saturated rings. The van der Waals surface area contributed by atoms with E-state index in [1.54, 1.807) is 0 Å². The summed E-state index contributed by atoms with van der Waals surface area (Å²) in [5, 5.41) is 12.1. The van der Waals surface area contributed by atoms with Crippen LogP contribution < -0.4 is 5.32 Å². The molecule has 2 aromatic rings. The van der Waals surface area contributed by atoms with Gasteiger partial charge in [-0.2, -0.15) is 0 Å². The Morgan fingerprint density at radius 2 is 1.59 bits per heavy atom. The number of rotatable bonds is 6. The van der Waals surface area contributed by atoms with Crippen molar-refractivity contribution < 1.29 is 24.2 Å². The van der Waals surface area contributed by atoms with Gasteiger partial charge in [-0.05, 0) is 62.3 Å². The van der Waals surface area contributed by atoms with Crippen LogP contribution >= 0.6 is 0 Å². The molecule has 1 saturated carbocycles. The van der Waals surface area contributed by atoms with E-state index in [0.717, 1.165) is 11.1 Å². The first-order chi connectivity index (χ1) is 16.1. The summed E-state index contributed by atoms with van der Waals surface area (Å²) in [6.07, 6.45) is 1.26. The molecule has 7 nitrogen and oxygen atoms in total. The van der Waals surface area contributed by atoms with E-state index in [4.69, 9.17) is 4.74 Å². The van der Waals surface area contributed by atoms with Crippen molar-refractivity contribution in [1.82, 2.24) is 10.2 Å². The molecule has 0 radical (unpaired) electrons. The van der Waals surface area contributed by atoms with E-state index in [1.807, 2.05) is 45.0 Å². The van der Waals surface area contributed by atoms with Gasteiger partial charge in [0.2, 0.25) is 5.91 Å². The smallest absolute Gasteiger partial charge is 0.407 e. The van der Waals surface area contributed by atoms with E-state index in [1.165, 1.54) is 16.0 Å². The SMILES string of the molecule is CC(C)(C)N(CC(=O)O)C(=O)[C@@H]1CC[C@H](NC(=O)OCC2c3ccccc3-c3ccccc32)C1. The molecule has 0 unspecified atom stereocenters. The number of carbonyl (C=O) groups is 3. The number of amides is 2. The molecule has 2 aromatic carbocycles. The first kappa shape index (κ1) is 23.8. The molecule has 2 atom stereocenters. The van der Waals surface area contributed by atoms with E-state index < -0.39 is 17.6 Å². The lowest BCUT2D eigenvalue weighted by molar-refractivity contribution is -0.150. The Bertz CT molecular complexity index is 1040. The van der Waals surface area contributed by atoms with Gasteiger partial charge >= 0.3 is 12.1 Å². The lowest BCUT2D eigenvalue weighted by Gasteiger charge is -2.36. The highest BCUT2D eigenvalue weighted by Crippen LogP contribution is 2.44. The zero-order chi connectivity index (χ0) is 24.5. The van der Waals surface area contributed by atoms with E-state index in [2.05, 4.69) is 29.6 Å². The molecule has 7 heteroatoms. The normalized spacial score (nSPS) is 19.3. The van der Waals surface area contributed by atoms with E-state index >= 15 is 0 Å². The predicted molar refractivity (Wildman–Crippen MR) is 128 cm³/mol. The highest BCUT2D eigenvalue weighted by molar-refractivity contribution is 5.84. The van der Waals surface area contributed by atoms with Gasteiger partial charge in [-0.1, -0.05) is 48.5 Å². The summed E-state index contributed by atoms with van der Waals surface area (Å²) in [6.45, 7) is 5.40.